The van der Waals surface area contributed by atoms with Crippen molar-refractivity contribution in [1.82, 2.24) is 0 Å². The second kappa shape index (κ2) is 7.43. The van der Waals surface area contributed by atoms with Crippen LogP contribution in [-0.4, -0.2) is 46.5 Å². The molecule has 0 spiro atoms. The van der Waals surface area contributed by atoms with Crippen molar-refractivity contribution in [1.29, 1.82) is 0 Å². The summed E-state index contributed by atoms with van der Waals surface area (Å²) in [7, 11) is -4.64. The first-order valence-corrected chi connectivity index (χ1v) is 6.87. The Bertz CT molecular complexity index is 277. The van der Waals surface area contributed by atoms with Gasteiger partial charge in [-0.3, -0.25) is 0 Å². The van der Waals surface area contributed by atoms with Crippen molar-refractivity contribution in [3.8, 4) is 5.75 Å². The summed E-state index contributed by atoms with van der Waals surface area (Å²) in [5.74, 6) is 0.979. The Balaban J connectivity index is 0.000000292. The van der Waals surface area contributed by atoms with Gasteiger partial charge in [-0.25, -0.2) is 4.57 Å². The maximum absolute atomic E-state index is 8.88. The first-order valence-electron chi connectivity index (χ1n) is 3.89. The Kier molecular flexibility index (Phi) is 7.49. The summed E-state index contributed by atoms with van der Waals surface area (Å²) in [6.45, 7) is 0. The van der Waals surface area contributed by atoms with E-state index in [1.165, 1.54) is 0 Å². The zero-order chi connectivity index (χ0) is 11.0. The van der Waals surface area contributed by atoms with E-state index in [9.17, 15) is 0 Å². The SMILES string of the molecule is O=P(O)(O)O.[Na][CH2]Oc1ccccc1. The van der Waals surface area contributed by atoms with E-state index in [0.717, 1.165) is 37.5 Å². The van der Waals surface area contributed by atoms with Gasteiger partial charge in [-0.15, -0.1) is 0 Å². The summed E-state index contributed by atoms with van der Waals surface area (Å²) < 4.78 is 15.0. The molecule has 3 N–H and O–H groups in total. The molecule has 0 amide bonds. The second-order valence-electron chi connectivity index (χ2n) is 2.26. The summed E-state index contributed by atoms with van der Waals surface area (Å²) in [6, 6.07) is 9.88. The Morgan fingerprint density at radius 2 is 1.64 bits per heavy atom. The normalized spacial score (nSPS) is 10.1. The Labute approximate surface area is 99.4 Å². The predicted octanol–water partition coefficient (Wildman–Crippen LogP) is 0.263. The standard InChI is InChI=1S/C7H7O.Na.H3O4P/c1-8-7-5-3-2-4-6-7;;1-5(2,3)4/h2-6H,1H2;;(H3,1,2,3,4). The van der Waals surface area contributed by atoms with E-state index in [1.807, 2.05) is 30.3 Å². The van der Waals surface area contributed by atoms with E-state index < -0.39 is 7.82 Å². The van der Waals surface area contributed by atoms with E-state index in [0.29, 0.717) is 0 Å². The monoisotopic (exact) mass is 228 g/mol. The molecule has 0 radical (unpaired) electrons. The predicted molar refractivity (Wildman–Crippen MR) is 52.0 cm³/mol. The number of para-hydroxylation sites is 1. The van der Waals surface area contributed by atoms with Crippen LogP contribution in [0.15, 0.2) is 30.3 Å². The molecule has 0 unspecified atom stereocenters. The summed E-state index contributed by atoms with van der Waals surface area (Å²) in [6.07, 6.45) is 0. The van der Waals surface area contributed by atoms with Crippen molar-refractivity contribution >= 4 is 35.8 Å². The number of hydrogen-bond donors (Lipinski definition) is 3. The fourth-order valence-corrected chi connectivity index (χ4v) is 1.02. The quantitative estimate of drug-likeness (QED) is 0.499. The topological polar surface area (TPSA) is 87.0 Å². The van der Waals surface area contributed by atoms with Crippen LogP contribution in [-0.2, 0) is 4.57 Å². The van der Waals surface area contributed by atoms with Crippen molar-refractivity contribution < 1.29 is 24.0 Å². The van der Waals surface area contributed by atoms with Crippen LogP contribution >= 0.6 is 7.82 Å². The number of rotatable bonds is 2. The van der Waals surface area contributed by atoms with Crippen LogP contribution in [0.5, 0.6) is 5.75 Å². The van der Waals surface area contributed by atoms with Crippen LogP contribution < -0.4 is 4.74 Å². The minimum atomic E-state index is -4.64. The molecule has 0 saturated carbocycles. The van der Waals surface area contributed by atoms with Crippen LogP contribution in [0.4, 0.5) is 0 Å². The first kappa shape index (κ1) is 14.1. The van der Waals surface area contributed by atoms with Gasteiger partial charge in [0.25, 0.3) is 0 Å². The van der Waals surface area contributed by atoms with E-state index in [-0.39, 0.29) is 0 Å². The fourth-order valence-electron chi connectivity index (χ4n) is 0.683. The van der Waals surface area contributed by atoms with Crippen LogP contribution in [0, 0.1) is 0 Å². The van der Waals surface area contributed by atoms with E-state index in [1.54, 1.807) is 0 Å². The van der Waals surface area contributed by atoms with Crippen LogP contribution in [0.2, 0.25) is 0 Å². The van der Waals surface area contributed by atoms with Crippen LogP contribution in [0.3, 0.4) is 0 Å². The molecule has 0 aliphatic rings. The van der Waals surface area contributed by atoms with Gasteiger partial charge in [-0.2, -0.15) is 0 Å². The molecule has 0 aliphatic carbocycles. The molecule has 0 bridgehead atoms. The molecule has 1 rings (SSSR count). The van der Waals surface area contributed by atoms with E-state index >= 15 is 0 Å². The Hall–Kier alpha value is 0.130. The van der Waals surface area contributed by atoms with Gasteiger partial charge in [0.15, 0.2) is 0 Å². The summed E-state index contributed by atoms with van der Waals surface area (Å²) in [5.41, 5.74) is 0. The molecular weight excluding hydrogens is 218 g/mol. The molecule has 7 heteroatoms. The van der Waals surface area contributed by atoms with Crippen molar-refractivity contribution in [2.45, 2.75) is 0 Å². The summed E-state index contributed by atoms with van der Waals surface area (Å²) in [4.78, 5) is 21.6. The number of benzene rings is 1. The Morgan fingerprint density at radius 3 is 2.00 bits per heavy atom. The van der Waals surface area contributed by atoms with Gasteiger partial charge in [0.1, 0.15) is 0 Å². The third-order valence-electron chi connectivity index (χ3n) is 1.05. The first-order chi connectivity index (χ1) is 6.43. The average molecular weight is 228 g/mol. The molecule has 1 aromatic carbocycles. The van der Waals surface area contributed by atoms with Crippen molar-refractivity contribution in [3.05, 3.63) is 30.3 Å². The molecule has 14 heavy (non-hydrogen) atoms. The zero-order valence-corrected chi connectivity index (χ0v) is 10.6. The van der Waals surface area contributed by atoms with Gasteiger partial charge in [-0.05, 0) is 0 Å². The molecule has 0 saturated heterocycles. The van der Waals surface area contributed by atoms with E-state index in [2.05, 4.69) is 0 Å². The fraction of sp³-hybridized carbons (Fsp3) is 0.143. The molecule has 0 heterocycles. The summed E-state index contributed by atoms with van der Waals surface area (Å²) in [5, 5.41) is 0. The average Bonchev–Trinajstić information content (AvgIpc) is 2.03. The zero-order valence-electron chi connectivity index (χ0n) is 7.70. The minimum absolute atomic E-state index is 0.879. The van der Waals surface area contributed by atoms with Crippen molar-refractivity contribution in [2.24, 2.45) is 0 Å². The van der Waals surface area contributed by atoms with Crippen molar-refractivity contribution in [2.75, 3.05) is 3.86 Å². The summed E-state index contributed by atoms with van der Waals surface area (Å²) >= 11 is 1.10. The number of phosphoric acid groups is 1. The van der Waals surface area contributed by atoms with Gasteiger partial charge < -0.3 is 14.7 Å². The molecule has 0 aromatic heterocycles. The molecule has 74 valence electrons. The second-order valence-corrected chi connectivity index (χ2v) is 3.86. The van der Waals surface area contributed by atoms with Crippen molar-refractivity contribution in [3.63, 3.8) is 0 Å². The molecule has 0 aliphatic heterocycles. The number of hydrogen-bond acceptors (Lipinski definition) is 2. The van der Waals surface area contributed by atoms with Gasteiger partial charge in [-0.1, -0.05) is 0 Å². The molecule has 0 fully saturated rings. The molecular formula is C7H10NaO5P. The van der Waals surface area contributed by atoms with Gasteiger partial charge in [0.05, 0.1) is 0 Å². The van der Waals surface area contributed by atoms with Crippen LogP contribution in [0.1, 0.15) is 0 Å². The van der Waals surface area contributed by atoms with Gasteiger partial charge in [0, 0.05) is 0 Å². The third-order valence-corrected chi connectivity index (χ3v) is 1.34. The Morgan fingerprint density at radius 1 is 1.21 bits per heavy atom. The molecule has 5 nitrogen and oxygen atoms in total. The molecule has 0 atom stereocenters. The van der Waals surface area contributed by atoms with Crippen LogP contribution in [0.25, 0.3) is 0 Å². The van der Waals surface area contributed by atoms with Gasteiger partial charge in [0.2, 0.25) is 0 Å². The third kappa shape index (κ3) is 12.1. The maximum atomic E-state index is 8.88. The van der Waals surface area contributed by atoms with Gasteiger partial charge >= 0.3 is 80.4 Å². The number of ether oxygens (including phenoxy) is 1. The molecule has 1 aromatic rings. The van der Waals surface area contributed by atoms with E-state index in [4.69, 9.17) is 24.0 Å².